The van der Waals surface area contributed by atoms with E-state index in [-0.39, 0.29) is 6.04 Å². The number of rotatable bonds is 5. The maximum absolute atomic E-state index is 12.5. The molecule has 8 heteroatoms. The Hall–Kier alpha value is -2.51. The highest BCUT2D eigenvalue weighted by Gasteiger charge is 2.30. The zero-order valence-electron chi connectivity index (χ0n) is 13.4. The summed E-state index contributed by atoms with van der Waals surface area (Å²) in [4.78, 5) is 12.0. The predicted molar refractivity (Wildman–Crippen MR) is 84.5 cm³/mol. The average Bonchev–Trinajstić information content (AvgIpc) is 3.01. The number of hydrogen-bond donors (Lipinski definition) is 2. The topological polar surface area (TPSA) is 59.0 Å². The van der Waals surface area contributed by atoms with E-state index >= 15 is 0 Å². The summed E-state index contributed by atoms with van der Waals surface area (Å²) in [6.45, 7) is 4.61. The number of benzene rings is 1. The Balaban J connectivity index is 1.98. The maximum atomic E-state index is 12.5. The third-order valence-electron chi connectivity index (χ3n) is 3.56. The number of carbonyl (C=O) groups excluding carboxylic acids is 1. The van der Waals surface area contributed by atoms with Crippen LogP contribution in [0, 0.1) is 0 Å². The second-order valence-corrected chi connectivity index (χ2v) is 5.26. The van der Waals surface area contributed by atoms with Crippen LogP contribution in [-0.2, 0) is 12.7 Å². The minimum atomic E-state index is -4.40. The van der Waals surface area contributed by atoms with Gasteiger partial charge in [0, 0.05) is 24.0 Å². The van der Waals surface area contributed by atoms with Crippen molar-refractivity contribution < 1.29 is 18.0 Å². The molecule has 1 aromatic heterocycles. The molecule has 0 spiro atoms. The third-order valence-corrected chi connectivity index (χ3v) is 3.56. The van der Waals surface area contributed by atoms with Crippen molar-refractivity contribution >= 4 is 11.7 Å². The van der Waals surface area contributed by atoms with Crippen LogP contribution in [0.15, 0.2) is 36.7 Å². The van der Waals surface area contributed by atoms with Gasteiger partial charge in [0.15, 0.2) is 0 Å². The highest BCUT2D eigenvalue weighted by Crippen LogP contribution is 2.29. The minimum Gasteiger partial charge on any atom is -0.331 e. The van der Waals surface area contributed by atoms with Gasteiger partial charge < -0.3 is 10.6 Å². The summed E-state index contributed by atoms with van der Waals surface area (Å²) in [5.74, 6) is 0. The quantitative estimate of drug-likeness (QED) is 0.857. The molecule has 0 saturated carbocycles. The van der Waals surface area contributed by atoms with E-state index in [2.05, 4.69) is 15.7 Å². The van der Waals surface area contributed by atoms with Crippen LogP contribution in [0.1, 0.15) is 37.4 Å². The molecule has 1 aromatic carbocycles. The second-order valence-electron chi connectivity index (χ2n) is 5.26. The van der Waals surface area contributed by atoms with Gasteiger partial charge >= 0.3 is 12.2 Å². The first kappa shape index (κ1) is 17.8. The number of hydrogen-bond acceptors (Lipinski definition) is 2. The number of nitrogens with zero attached hydrogens (tertiary/aromatic N) is 2. The van der Waals surface area contributed by atoms with E-state index in [0.29, 0.717) is 12.1 Å². The number of aromatic nitrogens is 2. The number of alkyl halides is 3. The first-order valence-corrected chi connectivity index (χ1v) is 7.60. The molecule has 130 valence electrons. The highest BCUT2D eigenvalue weighted by molar-refractivity contribution is 5.89. The first-order valence-electron chi connectivity index (χ1n) is 7.60. The predicted octanol–water partition coefficient (Wildman–Crippen LogP) is 4.19. The molecule has 1 unspecified atom stereocenters. The van der Waals surface area contributed by atoms with Crippen molar-refractivity contribution in [1.29, 1.82) is 0 Å². The van der Waals surface area contributed by atoms with E-state index in [0.717, 1.165) is 24.2 Å². The van der Waals surface area contributed by atoms with Crippen molar-refractivity contribution in [2.24, 2.45) is 0 Å². The molecular weight excluding hydrogens is 321 g/mol. The van der Waals surface area contributed by atoms with E-state index in [9.17, 15) is 18.0 Å². The molecule has 2 N–H and O–H groups in total. The van der Waals surface area contributed by atoms with E-state index in [1.807, 2.05) is 20.0 Å². The molecule has 1 heterocycles. The Morgan fingerprint density at radius 3 is 2.42 bits per heavy atom. The maximum Gasteiger partial charge on any atom is 0.416 e. The second kappa shape index (κ2) is 7.37. The molecule has 0 aliphatic carbocycles. The molecule has 5 nitrogen and oxygen atoms in total. The van der Waals surface area contributed by atoms with E-state index < -0.39 is 17.8 Å². The lowest BCUT2D eigenvalue weighted by Crippen LogP contribution is -2.32. The van der Waals surface area contributed by atoms with Gasteiger partial charge in [0.1, 0.15) is 0 Å². The van der Waals surface area contributed by atoms with Crippen LogP contribution >= 0.6 is 0 Å². The smallest absolute Gasteiger partial charge is 0.331 e. The summed E-state index contributed by atoms with van der Waals surface area (Å²) in [6, 6.07) is 3.60. The van der Waals surface area contributed by atoms with Crippen LogP contribution in [0.5, 0.6) is 0 Å². The Kier molecular flexibility index (Phi) is 5.48. The molecule has 2 rings (SSSR count). The zero-order valence-corrected chi connectivity index (χ0v) is 13.4. The number of amides is 2. The van der Waals surface area contributed by atoms with Crippen molar-refractivity contribution in [3.8, 4) is 0 Å². The molecule has 0 bridgehead atoms. The Labute approximate surface area is 137 Å². The third kappa shape index (κ3) is 4.50. The number of aryl methyl sites for hydroxylation is 1. The van der Waals surface area contributed by atoms with Crippen LogP contribution in [-0.4, -0.2) is 15.8 Å². The van der Waals surface area contributed by atoms with Crippen molar-refractivity contribution in [3.63, 3.8) is 0 Å². The van der Waals surface area contributed by atoms with Gasteiger partial charge in [0.25, 0.3) is 0 Å². The summed E-state index contributed by atoms with van der Waals surface area (Å²) < 4.78 is 39.3. The fraction of sp³-hybridized carbons (Fsp3) is 0.375. The van der Waals surface area contributed by atoms with Gasteiger partial charge in [-0.05, 0) is 37.6 Å². The molecule has 1 atom stereocenters. The molecule has 2 amide bonds. The van der Waals surface area contributed by atoms with Gasteiger partial charge in [-0.25, -0.2) is 4.79 Å². The number of nitrogens with one attached hydrogen (secondary N) is 2. The van der Waals surface area contributed by atoms with Crippen LogP contribution in [0.3, 0.4) is 0 Å². The lowest BCUT2D eigenvalue weighted by molar-refractivity contribution is -0.137. The van der Waals surface area contributed by atoms with Crippen LogP contribution in [0.4, 0.5) is 23.7 Å². The van der Waals surface area contributed by atoms with Crippen molar-refractivity contribution in [3.05, 3.63) is 47.8 Å². The fourth-order valence-electron chi connectivity index (χ4n) is 2.22. The molecular formula is C16H19F3N4O. The fourth-order valence-corrected chi connectivity index (χ4v) is 2.22. The van der Waals surface area contributed by atoms with Crippen molar-refractivity contribution in [2.45, 2.75) is 39.0 Å². The Morgan fingerprint density at radius 2 is 1.92 bits per heavy atom. The van der Waals surface area contributed by atoms with Crippen LogP contribution < -0.4 is 10.6 Å². The summed E-state index contributed by atoms with van der Waals surface area (Å²) in [6.07, 6.45) is -0.188. The molecule has 2 aromatic rings. The number of halogens is 3. The lowest BCUT2D eigenvalue weighted by Gasteiger charge is -2.16. The average molecular weight is 340 g/mol. The normalized spacial score (nSPS) is 12.7. The standard InChI is InChI=1S/C16H19F3N4O/c1-3-14(11-9-20-23(4-2)10-11)22-15(24)21-13-7-5-12(6-8-13)16(17,18)19/h5-10,14H,3-4H2,1-2H3,(H2,21,22,24). The zero-order chi connectivity index (χ0) is 17.7. The van der Waals surface area contributed by atoms with Gasteiger partial charge in [-0.15, -0.1) is 0 Å². The van der Waals surface area contributed by atoms with E-state index in [1.165, 1.54) is 12.1 Å². The van der Waals surface area contributed by atoms with Gasteiger partial charge in [-0.1, -0.05) is 6.92 Å². The Bertz CT molecular complexity index is 679. The van der Waals surface area contributed by atoms with Gasteiger partial charge in [-0.2, -0.15) is 18.3 Å². The van der Waals surface area contributed by atoms with Crippen molar-refractivity contribution in [1.82, 2.24) is 15.1 Å². The monoisotopic (exact) mass is 340 g/mol. The van der Waals surface area contributed by atoms with Gasteiger partial charge in [0.05, 0.1) is 17.8 Å². The summed E-state index contributed by atoms with van der Waals surface area (Å²) in [5.41, 5.74) is 0.411. The largest absolute Gasteiger partial charge is 0.416 e. The molecule has 0 fully saturated rings. The van der Waals surface area contributed by atoms with E-state index in [4.69, 9.17) is 0 Å². The van der Waals surface area contributed by atoms with Crippen molar-refractivity contribution in [2.75, 3.05) is 5.32 Å². The van der Waals surface area contributed by atoms with Crippen LogP contribution in [0.2, 0.25) is 0 Å². The summed E-state index contributed by atoms with van der Waals surface area (Å²) >= 11 is 0. The minimum absolute atomic E-state index is 0.222. The van der Waals surface area contributed by atoms with Gasteiger partial charge in [-0.3, -0.25) is 4.68 Å². The lowest BCUT2D eigenvalue weighted by atomic mass is 10.1. The summed E-state index contributed by atoms with van der Waals surface area (Å²) in [7, 11) is 0. The number of anilines is 1. The highest BCUT2D eigenvalue weighted by atomic mass is 19.4. The molecule has 0 radical (unpaired) electrons. The first-order chi connectivity index (χ1) is 11.3. The van der Waals surface area contributed by atoms with Crippen LogP contribution in [0.25, 0.3) is 0 Å². The van der Waals surface area contributed by atoms with Gasteiger partial charge in [0.2, 0.25) is 0 Å². The molecule has 0 aliphatic rings. The van der Waals surface area contributed by atoms with E-state index in [1.54, 1.807) is 10.9 Å². The number of urea groups is 1. The summed E-state index contributed by atoms with van der Waals surface area (Å²) in [5, 5.41) is 9.49. The molecule has 24 heavy (non-hydrogen) atoms. The number of carbonyl (C=O) groups is 1. The molecule has 0 aliphatic heterocycles. The Morgan fingerprint density at radius 1 is 1.25 bits per heavy atom. The SMILES string of the molecule is CCC(NC(=O)Nc1ccc(C(F)(F)F)cc1)c1cnn(CC)c1. The molecule has 0 saturated heterocycles.